The van der Waals surface area contributed by atoms with Gasteiger partial charge in [-0.05, 0) is 38.1 Å². The summed E-state index contributed by atoms with van der Waals surface area (Å²) < 4.78 is 45.7. The van der Waals surface area contributed by atoms with Gasteiger partial charge < -0.3 is 15.2 Å². The maximum Gasteiger partial charge on any atom is 0.762 e. The Labute approximate surface area is 215 Å². The molecule has 0 bridgehead atoms. The van der Waals surface area contributed by atoms with Gasteiger partial charge in [0.25, 0.3) is 5.91 Å². The van der Waals surface area contributed by atoms with Crippen molar-refractivity contribution >= 4 is 30.2 Å². The predicted octanol–water partition coefficient (Wildman–Crippen LogP) is 4.11. The fourth-order valence-electron chi connectivity index (χ4n) is 4.38. The molecule has 1 aromatic carbocycles. The Bertz CT molecular complexity index is 1470. The Morgan fingerprint density at radius 2 is 2.00 bits per heavy atom. The molecule has 0 spiro atoms. The van der Waals surface area contributed by atoms with Gasteiger partial charge in [0.1, 0.15) is 23.3 Å². The molecule has 0 unspecified atom stereocenters. The van der Waals surface area contributed by atoms with E-state index in [1.165, 1.54) is 12.4 Å². The lowest BCUT2D eigenvalue weighted by Crippen LogP contribution is -2.63. The van der Waals surface area contributed by atoms with Crippen molar-refractivity contribution in [3.05, 3.63) is 60.6 Å². The molecule has 1 aliphatic rings. The number of amides is 1. The fourth-order valence-corrected chi connectivity index (χ4v) is 4.38. The number of anilines is 1. The zero-order chi connectivity index (χ0) is 27.4. The van der Waals surface area contributed by atoms with Gasteiger partial charge in [-0.15, -0.1) is 0 Å². The Hall–Kier alpha value is -4.41. The highest BCUT2D eigenvalue weighted by molar-refractivity contribution is 6.33. The van der Waals surface area contributed by atoms with Crippen molar-refractivity contribution in [3.63, 3.8) is 0 Å². The minimum atomic E-state index is -3.67. The van der Waals surface area contributed by atoms with E-state index in [1.54, 1.807) is 29.2 Å². The second-order valence-electron chi connectivity index (χ2n) is 9.09. The Morgan fingerprint density at radius 1 is 1.26 bits per heavy atom. The van der Waals surface area contributed by atoms with Crippen molar-refractivity contribution in [2.24, 2.45) is 0 Å². The van der Waals surface area contributed by atoms with E-state index in [9.17, 15) is 27.4 Å². The van der Waals surface area contributed by atoms with Gasteiger partial charge in [0.15, 0.2) is 0 Å². The summed E-state index contributed by atoms with van der Waals surface area (Å²) >= 11 is 0. The summed E-state index contributed by atoms with van der Waals surface area (Å²) in [5, 5.41) is 17.7. The maximum absolute atomic E-state index is 14.9. The molecular weight excluding hydrogens is 503 g/mol. The van der Waals surface area contributed by atoms with Crippen molar-refractivity contribution < 1.29 is 22.1 Å². The molecule has 1 amide bonds. The van der Waals surface area contributed by atoms with Crippen molar-refractivity contribution in [3.8, 4) is 17.3 Å². The molecular formula is C24H23BF4N8O. The van der Waals surface area contributed by atoms with Crippen LogP contribution in [0.2, 0.25) is 0 Å². The van der Waals surface area contributed by atoms with E-state index >= 15 is 0 Å². The normalized spacial score (nSPS) is 13.9. The first-order valence-electron chi connectivity index (χ1n) is 11.6. The van der Waals surface area contributed by atoms with Crippen LogP contribution in [0.1, 0.15) is 30.6 Å². The van der Waals surface area contributed by atoms with Crippen molar-refractivity contribution in [2.75, 3.05) is 18.0 Å². The van der Waals surface area contributed by atoms with E-state index in [0.717, 1.165) is 22.3 Å². The van der Waals surface area contributed by atoms with E-state index in [0.29, 0.717) is 18.8 Å². The van der Waals surface area contributed by atoms with Gasteiger partial charge in [-0.2, -0.15) is 10.4 Å². The highest BCUT2D eigenvalue weighted by Crippen LogP contribution is 2.38. The highest BCUT2D eigenvalue weighted by Gasteiger charge is 2.46. The van der Waals surface area contributed by atoms with Crippen molar-refractivity contribution in [1.82, 2.24) is 30.0 Å². The number of H-pyrrole nitrogens is 1. The molecule has 14 heteroatoms. The van der Waals surface area contributed by atoms with Crippen LogP contribution in [-0.2, 0) is 5.54 Å². The Balaban J connectivity index is 0.000000786. The first-order valence-corrected chi connectivity index (χ1v) is 11.6. The smallest absolute Gasteiger partial charge is 0.364 e. The number of hydrogen-bond acceptors (Lipinski definition) is 6. The number of halogens is 4. The van der Waals surface area contributed by atoms with E-state index in [-0.39, 0.29) is 23.9 Å². The molecule has 0 aliphatic carbocycles. The van der Waals surface area contributed by atoms with E-state index < -0.39 is 18.9 Å². The monoisotopic (exact) mass is 526 g/mol. The summed E-state index contributed by atoms with van der Waals surface area (Å²) in [6.45, 7) is 4.53. The molecule has 0 saturated carbocycles. The number of nitrogens with zero attached hydrogens (tertiary/aromatic N) is 6. The number of aromatic nitrogens is 5. The van der Waals surface area contributed by atoms with Crippen LogP contribution >= 0.6 is 0 Å². The van der Waals surface area contributed by atoms with Crippen LogP contribution in [0.15, 0.2) is 49.2 Å². The van der Waals surface area contributed by atoms with Gasteiger partial charge in [0, 0.05) is 48.0 Å². The number of fused-ring (bicyclic) bond motifs is 1. The third-order valence-electron chi connectivity index (χ3n) is 6.04. The summed E-state index contributed by atoms with van der Waals surface area (Å²) in [6.07, 6.45) is 7.12. The minimum absolute atomic E-state index is 0.0353. The van der Waals surface area contributed by atoms with E-state index in [1.807, 2.05) is 31.0 Å². The summed E-state index contributed by atoms with van der Waals surface area (Å²) in [4.78, 5) is 25.7. The zero-order valence-electron chi connectivity index (χ0n) is 20.5. The minimum Gasteiger partial charge on any atom is -0.364 e. The van der Waals surface area contributed by atoms with Crippen LogP contribution in [0, 0.1) is 17.1 Å². The first-order chi connectivity index (χ1) is 18.1. The fraction of sp³-hybridized carbons (Fsp3) is 0.292. The number of carbonyl (C=O) groups is 1. The summed E-state index contributed by atoms with van der Waals surface area (Å²) in [5.41, 5.74) is 2.39. The third-order valence-corrected chi connectivity index (χ3v) is 6.04. The van der Waals surface area contributed by atoms with Crippen LogP contribution in [0.3, 0.4) is 0 Å². The van der Waals surface area contributed by atoms with Gasteiger partial charge in [-0.1, -0.05) is 0 Å². The number of hydrogen-bond donors (Lipinski definition) is 2. The molecule has 0 radical (unpaired) electrons. The molecule has 9 nitrogen and oxygen atoms in total. The van der Waals surface area contributed by atoms with Crippen LogP contribution in [-0.4, -0.2) is 57.3 Å². The molecule has 1 fully saturated rings. The Kier molecular flexibility index (Phi) is 7.66. The SMILES string of the molecule is CC(C)NC(=O)c1ccc(N2CC(CC#N)(n3cc(-c4ncnc5[nH]ccc45)cn3)C2)c(F)c1.FB(F)F. The predicted molar refractivity (Wildman–Crippen MR) is 134 cm³/mol. The largest absolute Gasteiger partial charge is 0.762 e. The van der Waals surface area contributed by atoms with E-state index in [4.69, 9.17) is 0 Å². The number of carbonyl (C=O) groups excluding carboxylic acids is 1. The van der Waals surface area contributed by atoms with Crippen LogP contribution in [0.4, 0.5) is 23.0 Å². The summed E-state index contributed by atoms with van der Waals surface area (Å²) in [6, 6.07) is 8.60. The molecule has 0 atom stereocenters. The summed E-state index contributed by atoms with van der Waals surface area (Å²) in [5.74, 6) is -0.785. The molecule has 1 saturated heterocycles. The Morgan fingerprint density at radius 3 is 2.66 bits per heavy atom. The highest BCUT2D eigenvalue weighted by atomic mass is 19.4. The van der Waals surface area contributed by atoms with Crippen LogP contribution in [0.5, 0.6) is 0 Å². The molecule has 38 heavy (non-hydrogen) atoms. The average molecular weight is 526 g/mol. The molecule has 4 aromatic rings. The van der Waals surface area contributed by atoms with Gasteiger partial charge in [0.2, 0.25) is 0 Å². The second kappa shape index (κ2) is 10.9. The van der Waals surface area contributed by atoms with Gasteiger partial charge >= 0.3 is 7.54 Å². The van der Waals surface area contributed by atoms with Crippen LogP contribution < -0.4 is 10.2 Å². The van der Waals surface area contributed by atoms with Crippen LogP contribution in [0.25, 0.3) is 22.3 Å². The molecule has 3 aromatic heterocycles. The first kappa shape index (κ1) is 26.7. The molecule has 5 rings (SSSR count). The van der Waals surface area contributed by atoms with Gasteiger partial charge in [-0.25, -0.2) is 14.4 Å². The van der Waals surface area contributed by atoms with Crippen molar-refractivity contribution in [1.29, 1.82) is 5.26 Å². The number of rotatable bonds is 6. The molecule has 196 valence electrons. The molecule has 4 heterocycles. The van der Waals surface area contributed by atoms with Crippen molar-refractivity contribution in [2.45, 2.75) is 31.8 Å². The number of aromatic amines is 1. The standard InChI is InChI=1S/C24H23FN8O.BF3/c1-15(2)31-23(34)16-3-4-20(19(25)9-16)32-12-24(13-32,6-7-26)33-11-17(10-30-33)21-18-5-8-27-22(18)29-14-28-21;2-1(3)4/h3-5,8-11,14-15H,6,12-13H2,1-2H3,(H,31,34)(H,27,28,29);. The lowest BCUT2D eigenvalue weighted by atomic mass is 9.86. The quantitative estimate of drug-likeness (QED) is 0.289. The number of nitriles is 1. The lowest BCUT2D eigenvalue weighted by molar-refractivity contribution is 0.0942. The lowest BCUT2D eigenvalue weighted by Gasteiger charge is -2.50. The third kappa shape index (κ3) is 5.46. The van der Waals surface area contributed by atoms with Gasteiger partial charge in [0.05, 0.1) is 30.1 Å². The summed E-state index contributed by atoms with van der Waals surface area (Å²) in [7, 11) is -3.67. The topological polar surface area (TPSA) is 116 Å². The average Bonchev–Trinajstić information content (AvgIpc) is 3.50. The van der Waals surface area contributed by atoms with E-state index in [2.05, 4.69) is 31.4 Å². The van der Waals surface area contributed by atoms with Gasteiger partial charge in [-0.3, -0.25) is 22.4 Å². The maximum atomic E-state index is 14.9. The molecule has 1 aliphatic heterocycles. The number of benzene rings is 1. The second-order valence-corrected chi connectivity index (χ2v) is 9.09. The number of nitrogens with one attached hydrogen (secondary N) is 2. The zero-order valence-corrected chi connectivity index (χ0v) is 20.5. The molecule has 2 N–H and O–H groups in total.